The minimum absolute atomic E-state index is 0.0173. The van der Waals surface area contributed by atoms with Crippen LogP contribution in [0.1, 0.15) is 26.7 Å². The molecule has 3 aromatic rings. The van der Waals surface area contributed by atoms with Gasteiger partial charge in [-0.25, -0.2) is 4.79 Å². The topological polar surface area (TPSA) is 87.0 Å². The Hall–Kier alpha value is -3.59. The number of carbonyl (C=O) groups excluding carboxylic acids is 2. The molecule has 0 saturated heterocycles. The van der Waals surface area contributed by atoms with Gasteiger partial charge < -0.3 is 23.9 Å². The summed E-state index contributed by atoms with van der Waals surface area (Å²) in [6, 6.07) is 13.2. The van der Waals surface area contributed by atoms with E-state index in [-0.39, 0.29) is 28.8 Å². The molecule has 162 valence electrons. The van der Waals surface area contributed by atoms with Crippen LogP contribution in [-0.4, -0.2) is 25.6 Å². The van der Waals surface area contributed by atoms with Crippen LogP contribution in [-0.2, 0) is 11.3 Å². The maximum absolute atomic E-state index is 12.3. The van der Waals surface area contributed by atoms with E-state index in [1.165, 1.54) is 31.4 Å². The van der Waals surface area contributed by atoms with Gasteiger partial charge in [-0.2, -0.15) is 8.78 Å². The van der Waals surface area contributed by atoms with Gasteiger partial charge in [-0.15, -0.1) is 0 Å². The van der Waals surface area contributed by atoms with Crippen molar-refractivity contribution in [2.24, 2.45) is 0 Å². The van der Waals surface area contributed by atoms with Gasteiger partial charge >= 0.3 is 12.6 Å². The maximum atomic E-state index is 12.3. The first kappa shape index (κ1) is 22.1. The summed E-state index contributed by atoms with van der Waals surface area (Å²) in [5.41, 5.74) is 0.664. The third-order valence-electron chi connectivity index (χ3n) is 3.95. The lowest BCUT2D eigenvalue weighted by molar-refractivity contribution is -0.0497. The first-order valence-corrected chi connectivity index (χ1v) is 9.19. The number of benzene rings is 2. The molecule has 0 unspecified atom stereocenters. The lowest BCUT2D eigenvalue weighted by Crippen LogP contribution is -2.11. The molecule has 7 nitrogen and oxygen atoms in total. The monoisotopic (exact) mass is 451 g/mol. The lowest BCUT2D eigenvalue weighted by atomic mass is 10.2. The van der Waals surface area contributed by atoms with Crippen LogP contribution < -0.4 is 14.8 Å². The number of ether oxygens (including phenoxy) is 3. The van der Waals surface area contributed by atoms with Gasteiger partial charge in [-0.05, 0) is 54.6 Å². The van der Waals surface area contributed by atoms with E-state index in [1.807, 2.05) is 0 Å². The minimum atomic E-state index is -3.01. The number of amides is 1. The van der Waals surface area contributed by atoms with Gasteiger partial charge in [-0.3, -0.25) is 4.79 Å². The number of hydrogen-bond acceptors (Lipinski definition) is 6. The number of anilines is 1. The average molecular weight is 452 g/mol. The molecule has 10 heteroatoms. The molecule has 1 amide bonds. The van der Waals surface area contributed by atoms with Crippen LogP contribution >= 0.6 is 11.6 Å². The Labute approximate surface area is 180 Å². The molecule has 1 aromatic heterocycles. The van der Waals surface area contributed by atoms with E-state index in [2.05, 4.69) is 14.8 Å². The predicted molar refractivity (Wildman–Crippen MR) is 107 cm³/mol. The molecule has 0 aliphatic rings. The van der Waals surface area contributed by atoms with Crippen LogP contribution in [0.15, 0.2) is 59.0 Å². The number of alkyl halides is 2. The smallest absolute Gasteiger partial charge is 0.387 e. The first-order chi connectivity index (χ1) is 14.9. The Kier molecular flexibility index (Phi) is 7.09. The maximum Gasteiger partial charge on any atom is 0.387 e. The van der Waals surface area contributed by atoms with Crippen LogP contribution in [0.2, 0.25) is 5.02 Å². The lowest BCUT2D eigenvalue weighted by Gasteiger charge is -2.09. The second kappa shape index (κ2) is 9.94. The number of furan rings is 1. The molecule has 31 heavy (non-hydrogen) atoms. The van der Waals surface area contributed by atoms with Crippen LogP contribution in [0.4, 0.5) is 14.5 Å². The van der Waals surface area contributed by atoms with Gasteiger partial charge in [0.25, 0.3) is 5.91 Å². The van der Waals surface area contributed by atoms with Crippen molar-refractivity contribution in [2.75, 3.05) is 12.4 Å². The number of hydrogen-bond donors (Lipinski definition) is 1. The molecule has 1 N–H and O–H groups in total. The Bertz CT molecular complexity index is 1070. The third kappa shape index (κ3) is 5.95. The molecular weight excluding hydrogens is 436 g/mol. The van der Waals surface area contributed by atoms with Gasteiger partial charge in [-0.1, -0.05) is 11.6 Å². The molecule has 0 atom stereocenters. The van der Waals surface area contributed by atoms with Crippen molar-refractivity contribution in [3.05, 3.63) is 76.7 Å². The Morgan fingerprint density at radius 2 is 1.84 bits per heavy atom. The summed E-state index contributed by atoms with van der Waals surface area (Å²) in [7, 11) is 1.29. The van der Waals surface area contributed by atoms with E-state index in [0.29, 0.717) is 17.1 Å². The zero-order valence-corrected chi connectivity index (χ0v) is 16.8. The Morgan fingerprint density at radius 1 is 1.10 bits per heavy atom. The fourth-order valence-electron chi connectivity index (χ4n) is 2.50. The highest BCUT2D eigenvalue weighted by Gasteiger charge is 2.14. The summed E-state index contributed by atoms with van der Waals surface area (Å²) in [6.45, 7) is -2.96. The normalized spacial score (nSPS) is 10.6. The van der Waals surface area contributed by atoms with Gasteiger partial charge in [0, 0.05) is 5.69 Å². The van der Waals surface area contributed by atoms with Crippen LogP contribution in [0.5, 0.6) is 11.5 Å². The van der Waals surface area contributed by atoms with Crippen molar-refractivity contribution < 1.29 is 37.0 Å². The molecular formula is C21H16ClF2NO6. The van der Waals surface area contributed by atoms with E-state index in [1.54, 1.807) is 30.3 Å². The number of nitrogens with one attached hydrogen (secondary N) is 1. The van der Waals surface area contributed by atoms with Gasteiger partial charge in [0.2, 0.25) is 0 Å². The quantitative estimate of drug-likeness (QED) is 0.476. The van der Waals surface area contributed by atoms with E-state index >= 15 is 0 Å². The molecule has 0 bridgehead atoms. The Balaban J connectivity index is 1.57. The number of carbonyl (C=O) groups is 2. The molecule has 2 aromatic carbocycles. The predicted octanol–water partition coefficient (Wildman–Crippen LogP) is 5.15. The molecule has 0 saturated carbocycles. The van der Waals surface area contributed by atoms with Crippen molar-refractivity contribution in [3.63, 3.8) is 0 Å². The second-order valence-corrected chi connectivity index (χ2v) is 6.46. The molecule has 3 rings (SSSR count). The van der Waals surface area contributed by atoms with Crippen LogP contribution in [0.25, 0.3) is 0 Å². The average Bonchev–Trinajstić information content (AvgIpc) is 3.23. The fourth-order valence-corrected chi connectivity index (χ4v) is 2.73. The molecule has 0 radical (unpaired) electrons. The van der Waals surface area contributed by atoms with E-state index in [4.69, 9.17) is 20.8 Å². The van der Waals surface area contributed by atoms with Crippen molar-refractivity contribution >= 4 is 29.2 Å². The third-order valence-corrected chi connectivity index (χ3v) is 4.24. The fraction of sp³-hybridized carbons (Fsp3) is 0.143. The van der Waals surface area contributed by atoms with Crippen molar-refractivity contribution in [1.82, 2.24) is 0 Å². The molecule has 0 fully saturated rings. The number of rotatable bonds is 8. The molecule has 0 spiro atoms. The summed E-state index contributed by atoms with van der Waals surface area (Å²) in [6.07, 6.45) is 0. The second-order valence-electron chi connectivity index (χ2n) is 6.05. The Morgan fingerprint density at radius 3 is 2.48 bits per heavy atom. The standard InChI is InChI=1S/C21H16ClF2NO6/c1-28-20(27)12-2-5-14(6-3-12)29-11-15-7-9-18(30-15)19(26)25-13-4-8-17(16(22)10-13)31-21(23)24/h2-10,21H,11H2,1H3,(H,25,26). The number of esters is 1. The van der Waals surface area contributed by atoms with Gasteiger partial charge in [0.15, 0.2) is 5.76 Å². The number of methoxy groups -OCH3 is 1. The summed E-state index contributed by atoms with van der Waals surface area (Å²) in [4.78, 5) is 23.7. The van der Waals surface area contributed by atoms with Gasteiger partial charge in [0.05, 0.1) is 17.7 Å². The summed E-state index contributed by atoms with van der Waals surface area (Å²) < 4.78 is 44.4. The first-order valence-electron chi connectivity index (χ1n) is 8.81. The molecule has 0 aliphatic carbocycles. The van der Waals surface area contributed by atoms with Gasteiger partial charge in [0.1, 0.15) is 23.9 Å². The van der Waals surface area contributed by atoms with E-state index in [0.717, 1.165) is 0 Å². The summed E-state index contributed by atoms with van der Waals surface area (Å²) >= 11 is 5.87. The largest absolute Gasteiger partial charge is 0.486 e. The van der Waals surface area contributed by atoms with E-state index in [9.17, 15) is 18.4 Å². The molecule has 1 heterocycles. The zero-order valence-electron chi connectivity index (χ0n) is 16.1. The molecule has 0 aliphatic heterocycles. The van der Waals surface area contributed by atoms with Crippen molar-refractivity contribution in [3.8, 4) is 11.5 Å². The summed E-state index contributed by atoms with van der Waals surface area (Å²) in [5.74, 6) is -0.315. The minimum Gasteiger partial charge on any atom is -0.486 e. The number of halogens is 3. The van der Waals surface area contributed by atoms with Crippen LogP contribution in [0.3, 0.4) is 0 Å². The van der Waals surface area contributed by atoms with Crippen molar-refractivity contribution in [2.45, 2.75) is 13.2 Å². The van der Waals surface area contributed by atoms with E-state index < -0.39 is 18.5 Å². The summed E-state index contributed by atoms with van der Waals surface area (Å²) in [5, 5.41) is 2.47. The van der Waals surface area contributed by atoms with Crippen molar-refractivity contribution in [1.29, 1.82) is 0 Å². The van der Waals surface area contributed by atoms with Crippen LogP contribution in [0, 0.1) is 0 Å². The highest BCUT2D eigenvalue weighted by Crippen LogP contribution is 2.29. The highest BCUT2D eigenvalue weighted by atomic mass is 35.5. The zero-order chi connectivity index (χ0) is 22.4. The SMILES string of the molecule is COC(=O)c1ccc(OCc2ccc(C(=O)Nc3ccc(OC(F)F)c(Cl)c3)o2)cc1. The highest BCUT2D eigenvalue weighted by molar-refractivity contribution is 6.32.